The van der Waals surface area contributed by atoms with Gasteiger partial charge in [0, 0.05) is 19.1 Å². The van der Waals surface area contributed by atoms with Crippen LogP contribution in [-0.2, 0) is 0 Å². The Kier molecular flexibility index (Phi) is 3.49. The number of hydrogen-bond donors (Lipinski definition) is 1. The molecule has 0 saturated carbocycles. The van der Waals surface area contributed by atoms with Crippen LogP contribution in [0.25, 0.3) is 5.69 Å². The molecule has 0 radical (unpaired) electrons. The standard InChI is InChI=1S/C16H22N4/c1-12-4-3-5-15(10-12)20-13(2)16(11-18-20)19-8-6-14(17)7-9-19/h3-5,10-11,14H,6-9,17H2,1-2H3. The van der Waals surface area contributed by atoms with Crippen molar-refractivity contribution in [3.63, 3.8) is 0 Å². The van der Waals surface area contributed by atoms with Gasteiger partial charge in [-0.3, -0.25) is 0 Å². The minimum atomic E-state index is 0.360. The van der Waals surface area contributed by atoms with Gasteiger partial charge < -0.3 is 10.6 Å². The largest absolute Gasteiger partial charge is 0.369 e. The number of benzene rings is 1. The topological polar surface area (TPSA) is 47.1 Å². The highest BCUT2D eigenvalue weighted by molar-refractivity contribution is 5.52. The number of aromatic nitrogens is 2. The number of piperidine rings is 1. The van der Waals surface area contributed by atoms with E-state index in [0.29, 0.717) is 6.04 Å². The molecule has 1 aliphatic heterocycles. The van der Waals surface area contributed by atoms with Crippen molar-refractivity contribution in [2.75, 3.05) is 18.0 Å². The highest BCUT2D eigenvalue weighted by Gasteiger charge is 2.20. The maximum Gasteiger partial charge on any atom is 0.0787 e. The molecule has 2 aromatic rings. The summed E-state index contributed by atoms with van der Waals surface area (Å²) < 4.78 is 2.02. The van der Waals surface area contributed by atoms with Crippen molar-refractivity contribution in [3.05, 3.63) is 41.7 Å². The highest BCUT2D eigenvalue weighted by Crippen LogP contribution is 2.25. The molecule has 1 fully saturated rings. The first-order chi connectivity index (χ1) is 9.65. The van der Waals surface area contributed by atoms with E-state index in [-0.39, 0.29) is 0 Å². The second kappa shape index (κ2) is 5.29. The lowest BCUT2D eigenvalue weighted by Crippen LogP contribution is -2.39. The van der Waals surface area contributed by atoms with Crippen LogP contribution in [0, 0.1) is 13.8 Å². The normalized spacial score (nSPS) is 16.6. The monoisotopic (exact) mass is 270 g/mol. The third kappa shape index (κ3) is 2.43. The fraction of sp³-hybridized carbons (Fsp3) is 0.438. The number of anilines is 1. The molecule has 1 aromatic heterocycles. The second-order valence-electron chi connectivity index (χ2n) is 5.69. The Bertz CT molecular complexity index is 594. The van der Waals surface area contributed by atoms with Crippen LogP contribution in [0.3, 0.4) is 0 Å². The predicted octanol–water partition coefficient (Wildman–Crippen LogP) is 2.42. The van der Waals surface area contributed by atoms with Crippen LogP contribution in [0.4, 0.5) is 5.69 Å². The van der Waals surface area contributed by atoms with Gasteiger partial charge in [0.1, 0.15) is 0 Å². The molecule has 4 heteroatoms. The smallest absolute Gasteiger partial charge is 0.0787 e. The molecule has 4 nitrogen and oxygen atoms in total. The van der Waals surface area contributed by atoms with Gasteiger partial charge in [0.05, 0.1) is 23.3 Å². The molecule has 3 rings (SSSR count). The van der Waals surface area contributed by atoms with E-state index in [1.54, 1.807) is 0 Å². The van der Waals surface area contributed by atoms with Crippen molar-refractivity contribution in [3.8, 4) is 5.69 Å². The van der Waals surface area contributed by atoms with Gasteiger partial charge in [-0.1, -0.05) is 12.1 Å². The van der Waals surface area contributed by atoms with Crippen molar-refractivity contribution in [2.45, 2.75) is 32.7 Å². The van der Waals surface area contributed by atoms with E-state index in [1.165, 1.54) is 16.9 Å². The van der Waals surface area contributed by atoms with Crippen molar-refractivity contribution in [2.24, 2.45) is 5.73 Å². The number of aryl methyl sites for hydroxylation is 1. The summed E-state index contributed by atoms with van der Waals surface area (Å²) in [6, 6.07) is 8.80. The minimum Gasteiger partial charge on any atom is -0.369 e. The number of nitrogens with zero attached hydrogens (tertiary/aromatic N) is 3. The van der Waals surface area contributed by atoms with Crippen molar-refractivity contribution in [1.29, 1.82) is 0 Å². The zero-order valence-corrected chi connectivity index (χ0v) is 12.2. The molecule has 0 spiro atoms. The molecule has 1 aromatic carbocycles. The molecule has 1 saturated heterocycles. The molecule has 106 valence electrons. The van der Waals surface area contributed by atoms with Gasteiger partial charge in [0.15, 0.2) is 0 Å². The van der Waals surface area contributed by atoms with Crippen LogP contribution in [0.2, 0.25) is 0 Å². The summed E-state index contributed by atoms with van der Waals surface area (Å²) in [5, 5.41) is 4.57. The first kappa shape index (κ1) is 13.2. The Morgan fingerprint density at radius 1 is 1.20 bits per heavy atom. The van der Waals surface area contributed by atoms with Crippen LogP contribution in [0.15, 0.2) is 30.5 Å². The first-order valence-corrected chi connectivity index (χ1v) is 7.27. The lowest BCUT2D eigenvalue weighted by atomic mass is 10.1. The van der Waals surface area contributed by atoms with Gasteiger partial charge in [-0.05, 0) is 44.4 Å². The Morgan fingerprint density at radius 2 is 1.95 bits per heavy atom. The van der Waals surface area contributed by atoms with Gasteiger partial charge in [-0.25, -0.2) is 4.68 Å². The number of hydrogen-bond acceptors (Lipinski definition) is 3. The lowest BCUT2D eigenvalue weighted by molar-refractivity contribution is 0.501. The molecule has 0 atom stereocenters. The van der Waals surface area contributed by atoms with Gasteiger partial charge >= 0.3 is 0 Å². The van der Waals surface area contributed by atoms with E-state index >= 15 is 0 Å². The Morgan fingerprint density at radius 3 is 2.65 bits per heavy atom. The Balaban J connectivity index is 1.89. The highest BCUT2D eigenvalue weighted by atomic mass is 15.3. The minimum absolute atomic E-state index is 0.360. The third-order valence-corrected chi connectivity index (χ3v) is 4.11. The predicted molar refractivity (Wildman–Crippen MR) is 82.5 cm³/mol. The first-order valence-electron chi connectivity index (χ1n) is 7.27. The van der Waals surface area contributed by atoms with Gasteiger partial charge in [0.25, 0.3) is 0 Å². The quantitative estimate of drug-likeness (QED) is 0.911. The van der Waals surface area contributed by atoms with E-state index in [9.17, 15) is 0 Å². The molecule has 2 heterocycles. The van der Waals surface area contributed by atoms with Crippen LogP contribution in [0.1, 0.15) is 24.1 Å². The summed E-state index contributed by atoms with van der Waals surface area (Å²) in [6.45, 7) is 6.30. The summed E-state index contributed by atoms with van der Waals surface area (Å²) in [4.78, 5) is 2.40. The molecule has 0 bridgehead atoms. The van der Waals surface area contributed by atoms with Gasteiger partial charge in [0.2, 0.25) is 0 Å². The van der Waals surface area contributed by atoms with Crippen LogP contribution < -0.4 is 10.6 Å². The number of nitrogens with two attached hydrogens (primary N) is 1. The molecule has 2 N–H and O–H groups in total. The zero-order valence-electron chi connectivity index (χ0n) is 12.2. The van der Waals surface area contributed by atoms with Crippen LogP contribution in [0.5, 0.6) is 0 Å². The molecule has 0 unspecified atom stereocenters. The number of rotatable bonds is 2. The van der Waals surface area contributed by atoms with E-state index in [1.807, 2.05) is 10.9 Å². The lowest BCUT2D eigenvalue weighted by Gasteiger charge is -2.31. The Hall–Kier alpha value is -1.81. The molecule has 1 aliphatic rings. The average molecular weight is 270 g/mol. The van der Waals surface area contributed by atoms with Crippen molar-refractivity contribution < 1.29 is 0 Å². The van der Waals surface area contributed by atoms with Crippen LogP contribution >= 0.6 is 0 Å². The van der Waals surface area contributed by atoms with Gasteiger partial charge in [-0.15, -0.1) is 0 Å². The molecule has 0 aliphatic carbocycles. The molecular weight excluding hydrogens is 248 g/mol. The van der Waals surface area contributed by atoms with E-state index in [2.05, 4.69) is 48.1 Å². The van der Waals surface area contributed by atoms with E-state index in [0.717, 1.165) is 31.6 Å². The summed E-state index contributed by atoms with van der Waals surface area (Å²) in [5.41, 5.74) is 10.8. The SMILES string of the molecule is Cc1cccc(-n2ncc(N3CCC(N)CC3)c2C)c1. The maximum atomic E-state index is 5.98. The fourth-order valence-electron chi connectivity index (χ4n) is 2.87. The van der Waals surface area contributed by atoms with Crippen molar-refractivity contribution >= 4 is 5.69 Å². The second-order valence-corrected chi connectivity index (χ2v) is 5.69. The van der Waals surface area contributed by atoms with Crippen LogP contribution in [-0.4, -0.2) is 28.9 Å². The van der Waals surface area contributed by atoms with E-state index < -0.39 is 0 Å². The molecule has 0 amide bonds. The third-order valence-electron chi connectivity index (χ3n) is 4.11. The summed E-state index contributed by atoms with van der Waals surface area (Å²) in [7, 11) is 0. The fourth-order valence-corrected chi connectivity index (χ4v) is 2.87. The van der Waals surface area contributed by atoms with Gasteiger partial charge in [-0.2, -0.15) is 5.10 Å². The summed E-state index contributed by atoms with van der Waals surface area (Å²) in [6.07, 6.45) is 4.11. The van der Waals surface area contributed by atoms with Crippen molar-refractivity contribution in [1.82, 2.24) is 9.78 Å². The molecular formula is C16H22N4. The summed E-state index contributed by atoms with van der Waals surface area (Å²) in [5.74, 6) is 0. The zero-order chi connectivity index (χ0) is 14.1. The molecule has 20 heavy (non-hydrogen) atoms. The summed E-state index contributed by atoms with van der Waals surface area (Å²) >= 11 is 0. The Labute approximate surface area is 120 Å². The average Bonchev–Trinajstić information content (AvgIpc) is 2.82. The van der Waals surface area contributed by atoms with E-state index in [4.69, 9.17) is 5.73 Å². The maximum absolute atomic E-state index is 5.98.